The van der Waals surface area contributed by atoms with E-state index in [1.165, 1.54) is 18.7 Å². The fraction of sp³-hybridized carbons (Fsp3) is 0.286. The van der Waals surface area contributed by atoms with Crippen molar-refractivity contribution < 1.29 is 23.9 Å². The molecule has 3 rings (SSSR count). The highest BCUT2D eigenvalue weighted by Gasteiger charge is 2.35. The Balaban J connectivity index is 1.60. The summed E-state index contributed by atoms with van der Waals surface area (Å²) in [4.78, 5) is 38.2. The van der Waals surface area contributed by atoms with Gasteiger partial charge in [0.05, 0.1) is 12.2 Å². The van der Waals surface area contributed by atoms with E-state index in [0.717, 1.165) is 5.56 Å². The minimum absolute atomic E-state index is 0.0130. The number of ether oxygens (including phenoxy) is 2. The molecule has 0 saturated heterocycles. The molecule has 0 unspecified atom stereocenters. The molecule has 1 aliphatic rings. The molecule has 29 heavy (non-hydrogen) atoms. The fourth-order valence-electron chi connectivity index (χ4n) is 2.93. The lowest BCUT2D eigenvalue weighted by molar-refractivity contribution is -0.161. The van der Waals surface area contributed by atoms with Crippen molar-refractivity contribution in [1.82, 2.24) is 5.32 Å². The predicted molar refractivity (Wildman–Crippen MR) is 108 cm³/mol. The molecule has 0 aliphatic carbocycles. The molecule has 0 fully saturated rings. The molecule has 8 heteroatoms. The van der Waals surface area contributed by atoms with Crippen LogP contribution in [0.15, 0.2) is 48.5 Å². The Morgan fingerprint density at radius 3 is 2.62 bits per heavy atom. The highest BCUT2D eigenvalue weighted by atomic mass is 35.5. The average Bonchev–Trinajstić information content (AvgIpc) is 2.71. The van der Waals surface area contributed by atoms with E-state index in [1.54, 1.807) is 42.5 Å². The largest absolute Gasteiger partial charge is 0.475 e. The number of esters is 1. The van der Waals surface area contributed by atoms with Crippen LogP contribution in [0.2, 0.25) is 5.02 Å². The van der Waals surface area contributed by atoms with E-state index in [-0.39, 0.29) is 19.0 Å². The van der Waals surface area contributed by atoms with Gasteiger partial charge in [-0.1, -0.05) is 41.9 Å². The maximum Gasteiger partial charge on any atom is 0.350 e. The molecule has 1 heterocycles. The molecule has 7 nitrogen and oxygen atoms in total. The van der Waals surface area contributed by atoms with Gasteiger partial charge in [-0.3, -0.25) is 9.59 Å². The van der Waals surface area contributed by atoms with E-state index in [0.29, 0.717) is 16.5 Å². The fourth-order valence-corrected chi connectivity index (χ4v) is 3.13. The van der Waals surface area contributed by atoms with E-state index >= 15 is 0 Å². The minimum Gasteiger partial charge on any atom is -0.475 e. The second-order valence-corrected chi connectivity index (χ2v) is 7.00. The molecule has 1 N–H and O–H groups in total. The normalized spacial score (nSPS) is 16.2. The average molecular weight is 417 g/mol. The third-order valence-electron chi connectivity index (χ3n) is 4.49. The van der Waals surface area contributed by atoms with E-state index in [1.807, 2.05) is 6.07 Å². The number of para-hydroxylation sites is 2. The number of benzene rings is 2. The summed E-state index contributed by atoms with van der Waals surface area (Å²) in [6, 6.07) is 14.1. The van der Waals surface area contributed by atoms with E-state index in [2.05, 4.69) is 5.32 Å². The molecule has 2 aromatic carbocycles. The summed E-state index contributed by atoms with van der Waals surface area (Å²) >= 11 is 6.07. The summed E-state index contributed by atoms with van der Waals surface area (Å²) in [6.45, 7) is 3.11. The molecule has 152 valence electrons. The van der Waals surface area contributed by atoms with Crippen LogP contribution in [0.4, 0.5) is 5.69 Å². The van der Waals surface area contributed by atoms with Crippen molar-refractivity contribution in [3.63, 3.8) is 0 Å². The molecule has 2 atom stereocenters. The van der Waals surface area contributed by atoms with Gasteiger partial charge in [0.25, 0.3) is 5.91 Å². The van der Waals surface area contributed by atoms with Crippen molar-refractivity contribution in [3.05, 3.63) is 59.1 Å². The van der Waals surface area contributed by atoms with Gasteiger partial charge in [-0.25, -0.2) is 4.79 Å². The third-order valence-corrected chi connectivity index (χ3v) is 4.86. The monoisotopic (exact) mass is 416 g/mol. The standard InChI is InChI=1S/C21H21ClN2O5/c1-13(20(26)23-11-15-7-3-4-8-16(15)22)28-21(27)19-12-24(14(2)25)17-9-5-6-10-18(17)29-19/h3-10,13,19H,11-12H2,1-2H3,(H,23,26)/t13-,19-/m1/s1. The molecular weight excluding hydrogens is 396 g/mol. The van der Waals surface area contributed by atoms with Crippen LogP contribution in [-0.2, 0) is 25.7 Å². The molecule has 0 bridgehead atoms. The van der Waals surface area contributed by atoms with Gasteiger partial charge in [0, 0.05) is 18.5 Å². The molecule has 0 spiro atoms. The minimum atomic E-state index is -1.03. The van der Waals surface area contributed by atoms with Crippen LogP contribution in [0.5, 0.6) is 5.75 Å². The Bertz CT molecular complexity index is 933. The van der Waals surface area contributed by atoms with Crippen molar-refractivity contribution in [2.45, 2.75) is 32.6 Å². The Labute approximate surface area is 173 Å². The van der Waals surface area contributed by atoms with Crippen molar-refractivity contribution in [2.24, 2.45) is 0 Å². The van der Waals surface area contributed by atoms with E-state index in [4.69, 9.17) is 21.1 Å². The zero-order valence-electron chi connectivity index (χ0n) is 16.1. The van der Waals surface area contributed by atoms with Gasteiger partial charge in [-0.05, 0) is 30.7 Å². The second kappa shape index (κ2) is 8.96. The quantitative estimate of drug-likeness (QED) is 0.757. The number of hydrogen-bond acceptors (Lipinski definition) is 5. The number of rotatable bonds is 5. The zero-order valence-corrected chi connectivity index (χ0v) is 16.8. The molecule has 2 amide bonds. The number of halogens is 1. The summed E-state index contributed by atoms with van der Waals surface area (Å²) in [6.07, 6.45) is -2.05. The van der Waals surface area contributed by atoms with Gasteiger partial charge in [-0.15, -0.1) is 0 Å². The van der Waals surface area contributed by atoms with Gasteiger partial charge in [0.15, 0.2) is 6.10 Å². The number of fused-ring (bicyclic) bond motifs is 1. The molecule has 0 saturated carbocycles. The first-order chi connectivity index (χ1) is 13.9. The van der Waals surface area contributed by atoms with Crippen LogP contribution in [0.1, 0.15) is 19.4 Å². The Morgan fingerprint density at radius 2 is 1.90 bits per heavy atom. The van der Waals surface area contributed by atoms with E-state index < -0.39 is 24.1 Å². The molecular formula is C21H21ClN2O5. The van der Waals surface area contributed by atoms with Gasteiger partial charge < -0.3 is 19.7 Å². The van der Waals surface area contributed by atoms with Crippen LogP contribution in [-0.4, -0.2) is 36.5 Å². The smallest absolute Gasteiger partial charge is 0.350 e. The first-order valence-electron chi connectivity index (χ1n) is 9.12. The lowest BCUT2D eigenvalue weighted by Gasteiger charge is -2.33. The summed E-state index contributed by atoms with van der Waals surface area (Å²) in [5, 5.41) is 3.22. The lowest BCUT2D eigenvalue weighted by atomic mass is 10.2. The third kappa shape index (κ3) is 4.86. The second-order valence-electron chi connectivity index (χ2n) is 6.59. The van der Waals surface area contributed by atoms with Gasteiger partial charge in [-0.2, -0.15) is 0 Å². The number of carbonyl (C=O) groups excluding carboxylic acids is 3. The molecule has 1 aliphatic heterocycles. The Morgan fingerprint density at radius 1 is 1.21 bits per heavy atom. The first-order valence-corrected chi connectivity index (χ1v) is 9.50. The number of nitrogens with zero attached hydrogens (tertiary/aromatic N) is 1. The van der Waals surface area contributed by atoms with Crippen LogP contribution in [0.3, 0.4) is 0 Å². The lowest BCUT2D eigenvalue weighted by Crippen LogP contribution is -2.48. The zero-order chi connectivity index (χ0) is 21.0. The predicted octanol–water partition coefficient (Wildman–Crippen LogP) is 2.70. The van der Waals surface area contributed by atoms with Crippen molar-refractivity contribution in [3.8, 4) is 5.75 Å². The van der Waals surface area contributed by atoms with Gasteiger partial charge in [0.2, 0.25) is 12.0 Å². The Hall–Kier alpha value is -3.06. The molecule has 0 aromatic heterocycles. The van der Waals surface area contributed by atoms with Gasteiger partial charge in [0.1, 0.15) is 5.75 Å². The van der Waals surface area contributed by atoms with Crippen LogP contribution in [0.25, 0.3) is 0 Å². The number of carbonyl (C=O) groups is 3. The highest BCUT2D eigenvalue weighted by molar-refractivity contribution is 6.31. The highest BCUT2D eigenvalue weighted by Crippen LogP contribution is 2.33. The number of anilines is 1. The topological polar surface area (TPSA) is 84.9 Å². The van der Waals surface area contributed by atoms with Gasteiger partial charge >= 0.3 is 5.97 Å². The van der Waals surface area contributed by atoms with Crippen molar-refractivity contribution >= 4 is 35.1 Å². The molecule has 2 aromatic rings. The van der Waals surface area contributed by atoms with Crippen molar-refractivity contribution in [1.29, 1.82) is 0 Å². The molecule has 0 radical (unpaired) electrons. The summed E-state index contributed by atoms with van der Waals surface area (Å²) in [5.41, 5.74) is 1.35. The SMILES string of the molecule is CC(=O)N1C[C@H](C(=O)O[C@H](C)C(=O)NCc2ccccc2Cl)Oc2ccccc21. The summed E-state index contributed by atoms with van der Waals surface area (Å²) in [7, 11) is 0. The Kier molecular flexibility index (Phi) is 6.39. The van der Waals surface area contributed by atoms with Crippen molar-refractivity contribution in [2.75, 3.05) is 11.4 Å². The maximum atomic E-state index is 12.5. The summed E-state index contributed by atoms with van der Waals surface area (Å²) in [5.74, 6) is -0.986. The van der Waals surface area contributed by atoms with Crippen LogP contribution >= 0.6 is 11.6 Å². The number of hydrogen-bond donors (Lipinski definition) is 1. The number of nitrogens with one attached hydrogen (secondary N) is 1. The van der Waals surface area contributed by atoms with Crippen LogP contribution in [0, 0.1) is 0 Å². The summed E-state index contributed by atoms with van der Waals surface area (Å²) < 4.78 is 10.9. The maximum absolute atomic E-state index is 12.5. The van der Waals surface area contributed by atoms with Crippen LogP contribution < -0.4 is 15.0 Å². The first kappa shape index (κ1) is 20.7. The van der Waals surface area contributed by atoms with E-state index in [9.17, 15) is 14.4 Å². The number of amides is 2.